The maximum Gasteiger partial charge on any atom is 0.205 e. The first-order valence-corrected chi connectivity index (χ1v) is 6.43. The normalized spacial score (nSPS) is 10.7. The second-order valence-corrected chi connectivity index (χ2v) is 4.93. The Balaban J connectivity index is 2.33. The molecular weight excluding hydrogens is 272 g/mol. The zero-order valence-corrected chi connectivity index (χ0v) is 11.5. The van der Waals surface area contributed by atoms with Crippen LogP contribution in [0.5, 0.6) is 0 Å². The van der Waals surface area contributed by atoms with E-state index >= 15 is 0 Å². The minimum atomic E-state index is 0.376. The number of aryl methyl sites for hydroxylation is 1. The van der Waals surface area contributed by atoms with E-state index in [1.165, 1.54) is 0 Å². The Morgan fingerprint density at radius 2 is 2.10 bits per heavy atom. The molecule has 0 fully saturated rings. The minimum Gasteiger partial charge on any atom is -0.369 e. The number of nitrogens with zero attached hydrogens (tertiary/aromatic N) is 3. The number of nitrogen functional groups attached to an aromatic ring is 1. The second-order valence-electron chi connectivity index (χ2n) is 4.53. The molecule has 4 nitrogen and oxygen atoms in total. The Bertz CT molecular complexity index is 858. The van der Waals surface area contributed by atoms with Gasteiger partial charge in [-0.2, -0.15) is 5.26 Å². The van der Waals surface area contributed by atoms with Crippen LogP contribution in [0.25, 0.3) is 16.7 Å². The van der Waals surface area contributed by atoms with Gasteiger partial charge >= 0.3 is 0 Å². The van der Waals surface area contributed by atoms with Crippen molar-refractivity contribution >= 4 is 28.6 Å². The van der Waals surface area contributed by atoms with Gasteiger partial charge < -0.3 is 5.73 Å². The third-order valence-electron chi connectivity index (χ3n) is 3.23. The van der Waals surface area contributed by atoms with Crippen LogP contribution in [0, 0.1) is 18.3 Å². The monoisotopic (exact) mass is 282 g/mol. The number of halogens is 1. The Kier molecular flexibility index (Phi) is 2.85. The Morgan fingerprint density at radius 1 is 1.30 bits per heavy atom. The summed E-state index contributed by atoms with van der Waals surface area (Å²) < 4.78 is 1.80. The average molecular weight is 283 g/mol. The number of benzene rings is 2. The number of anilines is 1. The highest BCUT2D eigenvalue weighted by Crippen LogP contribution is 2.29. The molecule has 5 heteroatoms. The molecule has 1 aromatic heterocycles. The molecule has 0 amide bonds. The maximum atomic E-state index is 8.89. The predicted molar refractivity (Wildman–Crippen MR) is 79.9 cm³/mol. The van der Waals surface area contributed by atoms with E-state index in [0.717, 1.165) is 22.3 Å². The number of imidazole rings is 1. The van der Waals surface area contributed by atoms with Crippen molar-refractivity contribution in [2.45, 2.75) is 6.92 Å². The molecule has 3 aromatic rings. The van der Waals surface area contributed by atoms with Gasteiger partial charge in [0.2, 0.25) is 5.95 Å². The number of aromatic nitrogens is 2. The molecule has 0 aliphatic heterocycles. The lowest BCUT2D eigenvalue weighted by Crippen LogP contribution is -2.01. The molecule has 98 valence electrons. The van der Waals surface area contributed by atoms with Crippen LogP contribution < -0.4 is 5.73 Å². The van der Waals surface area contributed by atoms with Crippen LogP contribution in [0.2, 0.25) is 5.02 Å². The molecule has 0 saturated carbocycles. The van der Waals surface area contributed by atoms with Gasteiger partial charge in [0.1, 0.15) is 0 Å². The molecule has 2 N–H and O–H groups in total. The topological polar surface area (TPSA) is 67.6 Å². The first kappa shape index (κ1) is 12.5. The van der Waals surface area contributed by atoms with Crippen LogP contribution in [0.15, 0.2) is 36.4 Å². The van der Waals surface area contributed by atoms with Crippen LogP contribution in [0.1, 0.15) is 11.1 Å². The molecular formula is C15H11ClN4. The predicted octanol–water partition coefficient (Wildman–Crippen LogP) is 3.44. The standard InChI is InChI=1S/C15H11ClN4/c1-9-3-2-4-13-14(9)19-15(18)20(13)12-6-5-10(8-17)7-11(12)16/h2-7H,1H3,(H2,18,19). The number of hydrogen-bond donors (Lipinski definition) is 1. The molecule has 0 atom stereocenters. The van der Waals surface area contributed by atoms with Gasteiger partial charge in [-0.15, -0.1) is 0 Å². The van der Waals surface area contributed by atoms with Gasteiger partial charge in [0.05, 0.1) is 33.4 Å². The summed E-state index contributed by atoms with van der Waals surface area (Å²) in [5.74, 6) is 0.376. The number of rotatable bonds is 1. The summed E-state index contributed by atoms with van der Waals surface area (Å²) in [5.41, 5.74) is 10.1. The van der Waals surface area contributed by atoms with Crippen LogP contribution in [0.3, 0.4) is 0 Å². The summed E-state index contributed by atoms with van der Waals surface area (Å²) in [5, 5.41) is 9.36. The lowest BCUT2D eigenvalue weighted by atomic mass is 10.2. The van der Waals surface area contributed by atoms with Crippen molar-refractivity contribution in [1.82, 2.24) is 9.55 Å². The third kappa shape index (κ3) is 1.80. The Morgan fingerprint density at radius 3 is 2.80 bits per heavy atom. The van der Waals surface area contributed by atoms with Crippen molar-refractivity contribution in [3.63, 3.8) is 0 Å². The molecule has 20 heavy (non-hydrogen) atoms. The van der Waals surface area contributed by atoms with Crippen LogP contribution in [-0.2, 0) is 0 Å². The van der Waals surface area contributed by atoms with E-state index in [4.69, 9.17) is 22.6 Å². The quantitative estimate of drug-likeness (QED) is 0.743. The van der Waals surface area contributed by atoms with E-state index < -0.39 is 0 Å². The molecule has 0 radical (unpaired) electrons. The lowest BCUT2D eigenvalue weighted by molar-refractivity contribution is 1.11. The van der Waals surface area contributed by atoms with E-state index in [0.29, 0.717) is 16.5 Å². The maximum absolute atomic E-state index is 8.89. The molecule has 0 aliphatic carbocycles. The van der Waals surface area contributed by atoms with Gasteiger partial charge in [0.25, 0.3) is 0 Å². The van der Waals surface area contributed by atoms with E-state index in [2.05, 4.69) is 11.1 Å². The molecule has 0 aliphatic rings. The number of nitriles is 1. The summed E-state index contributed by atoms with van der Waals surface area (Å²) in [6, 6.07) is 13.1. The summed E-state index contributed by atoms with van der Waals surface area (Å²) in [6.45, 7) is 1.99. The highest BCUT2D eigenvalue weighted by molar-refractivity contribution is 6.32. The largest absolute Gasteiger partial charge is 0.369 e. The van der Waals surface area contributed by atoms with Gasteiger partial charge in [-0.3, -0.25) is 4.57 Å². The minimum absolute atomic E-state index is 0.376. The zero-order chi connectivity index (χ0) is 14.3. The van der Waals surface area contributed by atoms with Crippen LogP contribution in [0.4, 0.5) is 5.95 Å². The summed E-state index contributed by atoms with van der Waals surface area (Å²) in [7, 11) is 0. The fourth-order valence-corrected chi connectivity index (χ4v) is 2.53. The van der Waals surface area contributed by atoms with Crippen molar-refractivity contribution < 1.29 is 0 Å². The third-order valence-corrected chi connectivity index (χ3v) is 3.53. The van der Waals surface area contributed by atoms with Gasteiger partial charge in [-0.25, -0.2) is 4.98 Å². The molecule has 3 rings (SSSR count). The molecule has 0 unspecified atom stereocenters. The fourth-order valence-electron chi connectivity index (χ4n) is 2.27. The average Bonchev–Trinajstić information content (AvgIpc) is 2.77. The first-order chi connectivity index (χ1) is 9.61. The van der Waals surface area contributed by atoms with Gasteiger partial charge in [0.15, 0.2) is 0 Å². The molecule has 2 aromatic carbocycles. The van der Waals surface area contributed by atoms with Crippen LogP contribution in [-0.4, -0.2) is 9.55 Å². The zero-order valence-electron chi connectivity index (χ0n) is 10.8. The Labute approximate surface area is 121 Å². The van der Waals surface area contributed by atoms with E-state index in [-0.39, 0.29) is 0 Å². The Hall–Kier alpha value is -2.51. The van der Waals surface area contributed by atoms with Crippen molar-refractivity contribution in [2.75, 3.05) is 5.73 Å². The SMILES string of the molecule is Cc1cccc2c1nc(N)n2-c1ccc(C#N)cc1Cl. The molecule has 0 bridgehead atoms. The van der Waals surface area contributed by atoms with Crippen LogP contribution >= 0.6 is 11.6 Å². The summed E-state index contributed by atoms with van der Waals surface area (Å²) in [4.78, 5) is 4.39. The number of fused-ring (bicyclic) bond motifs is 1. The van der Waals surface area contributed by atoms with Crippen molar-refractivity contribution in [2.24, 2.45) is 0 Å². The van der Waals surface area contributed by atoms with E-state index in [1.54, 1.807) is 22.8 Å². The summed E-state index contributed by atoms with van der Waals surface area (Å²) >= 11 is 6.26. The van der Waals surface area contributed by atoms with Crippen molar-refractivity contribution in [3.8, 4) is 11.8 Å². The summed E-state index contributed by atoms with van der Waals surface area (Å²) in [6.07, 6.45) is 0. The van der Waals surface area contributed by atoms with Gasteiger partial charge in [0, 0.05) is 0 Å². The van der Waals surface area contributed by atoms with E-state index in [9.17, 15) is 0 Å². The van der Waals surface area contributed by atoms with Crippen molar-refractivity contribution in [3.05, 3.63) is 52.5 Å². The number of nitrogens with two attached hydrogens (primary N) is 1. The highest BCUT2D eigenvalue weighted by atomic mass is 35.5. The molecule has 0 saturated heterocycles. The van der Waals surface area contributed by atoms with Gasteiger partial charge in [-0.05, 0) is 36.8 Å². The first-order valence-electron chi connectivity index (χ1n) is 6.05. The smallest absolute Gasteiger partial charge is 0.205 e. The lowest BCUT2D eigenvalue weighted by Gasteiger charge is -2.09. The fraction of sp³-hybridized carbons (Fsp3) is 0.0667. The number of hydrogen-bond acceptors (Lipinski definition) is 3. The number of para-hydroxylation sites is 1. The highest BCUT2D eigenvalue weighted by Gasteiger charge is 2.14. The van der Waals surface area contributed by atoms with Crippen molar-refractivity contribution in [1.29, 1.82) is 5.26 Å². The van der Waals surface area contributed by atoms with E-state index in [1.807, 2.05) is 25.1 Å². The molecule has 0 spiro atoms. The second kappa shape index (κ2) is 4.55. The van der Waals surface area contributed by atoms with Gasteiger partial charge in [-0.1, -0.05) is 23.7 Å². The molecule has 1 heterocycles.